The second-order valence-electron chi connectivity index (χ2n) is 7.26. The number of anilines is 1. The maximum absolute atomic E-state index is 12.9. The fraction of sp³-hybridized carbons (Fsp3) is 0.409. The lowest BCUT2D eigenvalue weighted by molar-refractivity contribution is -0.122. The molecule has 0 aliphatic heterocycles. The molecule has 6 nitrogen and oxygen atoms in total. The van der Waals surface area contributed by atoms with E-state index >= 15 is 0 Å². The van der Waals surface area contributed by atoms with Crippen LogP contribution >= 0.6 is 0 Å². The molecular formula is C22H30N2O4S. The molecule has 158 valence electrons. The van der Waals surface area contributed by atoms with Crippen molar-refractivity contribution in [3.63, 3.8) is 0 Å². The van der Waals surface area contributed by atoms with Crippen molar-refractivity contribution < 1.29 is 17.9 Å². The standard InChI is InChI=1S/C22H30N2O4S/c1-7-28-20-12-10-19(11-13-20)17(4)23-22(25)18(5)24(29(6,26)27)21-14-15(2)8-9-16(21)3/h8-14,17-18H,7H2,1-6H3,(H,23,25)/t17-,18-/m1/s1. The first-order valence-electron chi connectivity index (χ1n) is 9.64. The number of carbonyl (C=O) groups excluding carboxylic acids is 1. The fourth-order valence-electron chi connectivity index (χ4n) is 3.17. The average molecular weight is 419 g/mol. The van der Waals surface area contributed by atoms with E-state index in [1.54, 1.807) is 13.0 Å². The van der Waals surface area contributed by atoms with E-state index in [0.29, 0.717) is 12.3 Å². The van der Waals surface area contributed by atoms with Crippen LogP contribution in [0.3, 0.4) is 0 Å². The summed E-state index contributed by atoms with van der Waals surface area (Å²) in [7, 11) is -3.66. The first-order valence-corrected chi connectivity index (χ1v) is 11.5. The molecule has 0 aliphatic rings. The Morgan fingerprint density at radius 2 is 1.72 bits per heavy atom. The minimum atomic E-state index is -3.66. The van der Waals surface area contributed by atoms with Crippen LogP contribution < -0.4 is 14.4 Å². The average Bonchev–Trinajstić information content (AvgIpc) is 2.64. The lowest BCUT2D eigenvalue weighted by Gasteiger charge is -2.30. The highest BCUT2D eigenvalue weighted by molar-refractivity contribution is 7.92. The number of hydrogen-bond acceptors (Lipinski definition) is 4. The molecule has 2 rings (SSSR count). The van der Waals surface area contributed by atoms with Gasteiger partial charge in [-0.2, -0.15) is 0 Å². The molecule has 0 radical (unpaired) electrons. The van der Waals surface area contributed by atoms with Crippen LogP contribution in [0.15, 0.2) is 42.5 Å². The molecule has 0 fully saturated rings. The van der Waals surface area contributed by atoms with Crippen molar-refractivity contribution in [3.8, 4) is 5.75 Å². The summed E-state index contributed by atoms with van der Waals surface area (Å²) in [6.07, 6.45) is 1.12. The van der Waals surface area contributed by atoms with Crippen molar-refractivity contribution in [3.05, 3.63) is 59.2 Å². The van der Waals surface area contributed by atoms with E-state index in [1.807, 2.05) is 64.1 Å². The summed E-state index contributed by atoms with van der Waals surface area (Å²) in [6, 6.07) is 11.9. The highest BCUT2D eigenvalue weighted by Crippen LogP contribution is 2.27. The van der Waals surface area contributed by atoms with Crippen LogP contribution in [0.1, 0.15) is 43.5 Å². The molecule has 29 heavy (non-hydrogen) atoms. The molecule has 0 heterocycles. The van der Waals surface area contributed by atoms with Crippen LogP contribution in [0.4, 0.5) is 5.69 Å². The maximum Gasteiger partial charge on any atom is 0.244 e. The predicted molar refractivity (Wildman–Crippen MR) is 117 cm³/mol. The summed E-state index contributed by atoms with van der Waals surface area (Å²) >= 11 is 0. The number of aryl methyl sites for hydroxylation is 2. The number of nitrogens with zero attached hydrogens (tertiary/aromatic N) is 1. The van der Waals surface area contributed by atoms with Crippen molar-refractivity contribution in [1.29, 1.82) is 0 Å². The zero-order chi connectivity index (χ0) is 21.8. The molecule has 0 saturated carbocycles. The van der Waals surface area contributed by atoms with Crippen LogP contribution in [0.25, 0.3) is 0 Å². The molecule has 7 heteroatoms. The van der Waals surface area contributed by atoms with Crippen LogP contribution in [0.2, 0.25) is 0 Å². The van der Waals surface area contributed by atoms with Crippen molar-refractivity contribution in [1.82, 2.24) is 5.32 Å². The Morgan fingerprint density at radius 1 is 1.10 bits per heavy atom. The van der Waals surface area contributed by atoms with Crippen LogP contribution in [0.5, 0.6) is 5.75 Å². The maximum atomic E-state index is 12.9. The molecule has 1 amide bonds. The minimum absolute atomic E-state index is 0.277. The van der Waals surface area contributed by atoms with E-state index in [9.17, 15) is 13.2 Å². The summed E-state index contributed by atoms with van der Waals surface area (Å²) in [5.41, 5.74) is 3.14. The Balaban J connectivity index is 2.24. The normalized spacial score (nSPS) is 13.4. The molecule has 0 aliphatic carbocycles. The lowest BCUT2D eigenvalue weighted by Crippen LogP contribution is -2.48. The van der Waals surface area contributed by atoms with E-state index < -0.39 is 16.1 Å². The molecule has 1 N–H and O–H groups in total. The number of hydrogen-bond donors (Lipinski definition) is 1. The third-order valence-electron chi connectivity index (χ3n) is 4.74. The molecule has 0 bridgehead atoms. The van der Waals surface area contributed by atoms with Gasteiger partial charge in [-0.25, -0.2) is 8.42 Å². The largest absolute Gasteiger partial charge is 0.494 e. The van der Waals surface area contributed by atoms with Gasteiger partial charge < -0.3 is 10.1 Å². The van der Waals surface area contributed by atoms with Gasteiger partial charge in [-0.15, -0.1) is 0 Å². The van der Waals surface area contributed by atoms with Crippen molar-refractivity contribution in [2.24, 2.45) is 0 Å². The topological polar surface area (TPSA) is 75.7 Å². The van der Waals surface area contributed by atoms with E-state index in [1.165, 1.54) is 4.31 Å². The second kappa shape index (κ2) is 9.31. The van der Waals surface area contributed by atoms with Crippen LogP contribution in [0, 0.1) is 13.8 Å². The number of benzene rings is 2. The van der Waals surface area contributed by atoms with Gasteiger partial charge in [0.2, 0.25) is 15.9 Å². The van der Waals surface area contributed by atoms with Crippen LogP contribution in [-0.2, 0) is 14.8 Å². The van der Waals surface area contributed by atoms with E-state index in [4.69, 9.17) is 4.74 Å². The molecule has 0 aromatic heterocycles. The van der Waals surface area contributed by atoms with Gasteiger partial charge >= 0.3 is 0 Å². The Kier molecular flexibility index (Phi) is 7.30. The van der Waals surface area contributed by atoms with Gasteiger partial charge in [0.15, 0.2) is 0 Å². The van der Waals surface area contributed by atoms with E-state index in [2.05, 4.69) is 5.32 Å². The van der Waals surface area contributed by atoms with Gasteiger partial charge in [0.1, 0.15) is 11.8 Å². The minimum Gasteiger partial charge on any atom is -0.494 e. The monoisotopic (exact) mass is 418 g/mol. The number of ether oxygens (including phenoxy) is 1. The third-order valence-corrected chi connectivity index (χ3v) is 5.97. The van der Waals surface area contributed by atoms with Gasteiger partial charge in [-0.3, -0.25) is 9.10 Å². The Hall–Kier alpha value is -2.54. The predicted octanol–water partition coefficient (Wildman–Crippen LogP) is 3.73. The molecule has 0 unspecified atom stereocenters. The van der Waals surface area contributed by atoms with E-state index in [-0.39, 0.29) is 11.9 Å². The Labute approximate surface area is 173 Å². The quantitative estimate of drug-likeness (QED) is 0.709. The lowest BCUT2D eigenvalue weighted by atomic mass is 10.1. The highest BCUT2D eigenvalue weighted by Gasteiger charge is 2.30. The van der Waals surface area contributed by atoms with Crippen LogP contribution in [-0.4, -0.2) is 33.2 Å². The number of carbonyl (C=O) groups is 1. The summed E-state index contributed by atoms with van der Waals surface area (Å²) in [6.45, 7) is 9.69. The smallest absolute Gasteiger partial charge is 0.244 e. The van der Waals surface area contributed by atoms with Gasteiger partial charge in [-0.1, -0.05) is 24.3 Å². The number of rotatable bonds is 8. The summed E-state index contributed by atoms with van der Waals surface area (Å²) in [4.78, 5) is 12.9. The van der Waals surface area contributed by atoms with Gasteiger partial charge in [-0.05, 0) is 69.5 Å². The fourth-order valence-corrected chi connectivity index (χ4v) is 4.40. The number of amides is 1. The zero-order valence-corrected chi connectivity index (χ0v) is 18.7. The number of nitrogens with one attached hydrogen (secondary N) is 1. The summed E-state index contributed by atoms with van der Waals surface area (Å²) < 4.78 is 31.7. The van der Waals surface area contributed by atoms with E-state index in [0.717, 1.165) is 28.7 Å². The highest BCUT2D eigenvalue weighted by atomic mass is 32.2. The third kappa shape index (κ3) is 5.73. The Bertz CT molecular complexity index is 955. The van der Waals surface area contributed by atoms with Crippen molar-refractivity contribution >= 4 is 21.6 Å². The Morgan fingerprint density at radius 3 is 2.28 bits per heavy atom. The second-order valence-corrected chi connectivity index (χ2v) is 9.12. The van der Waals surface area contributed by atoms with Crippen molar-refractivity contribution in [2.45, 2.75) is 46.7 Å². The van der Waals surface area contributed by atoms with Crippen molar-refractivity contribution in [2.75, 3.05) is 17.2 Å². The first kappa shape index (κ1) is 22.7. The summed E-state index contributed by atoms with van der Waals surface area (Å²) in [5, 5.41) is 2.92. The summed E-state index contributed by atoms with van der Waals surface area (Å²) in [5.74, 6) is 0.402. The molecule has 0 saturated heterocycles. The van der Waals surface area contributed by atoms with Gasteiger partial charge in [0, 0.05) is 0 Å². The molecular weight excluding hydrogens is 388 g/mol. The first-order chi connectivity index (χ1) is 13.5. The SMILES string of the molecule is CCOc1ccc([C@@H](C)NC(=O)[C@@H](C)N(c2cc(C)ccc2C)S(C)(=O)=O)cc1. The molecule has 0 spiro atoms. The molecule has 2 aromatic carbocycles. The molecule has 2 atom stereocenters. The van der Waals surface area contributed by atoms with Gasteiger partial charge in [0.25, 0.3) is 0 Å². The molecule has 2 aromatic rings. The zero-order valence-electron chi connectivity index (χ0n) is 17.9. The van der Waals surface area contributed by atoms with Gasteiger partial charge in [0.05, 0.1) is 24.6 Å². The number of sulfonamides is 1.